The minimum atomic E-state index is 0.198. The molecule has 1 aromatic rings. The van der Waals surface area contributed by atoms with Crippen LogP contribution in [0.1, 0.15) is 18.5 Å². The Balaban J connectivity index is 2.02. The van der Waals surface area contributed by atoms with E-state index in [1.54, 1.807) is 6.07 Å². The van der Waals surface area contributed by atoms with Gasteiger partial charge in [-0.15, -0.1) is 0 Å². The van der Waals surface area contributed by atoms with Gasteiger partial charge in [-0.1, -0.05) is 0 Å². The van der Waals surface area contributed by atoms with Crippen molar-refractivity contribution in [3.8, 4) is 5.88 Å². The number of nitrogens with zero attached hydrogens (tertiary/aromatic N) is 2. The molecule has 4 nitrogen and oxygen atoms in total. The molecule has 0 aliphatic carbocycles. The molecule has 0 saturated carbocycles. The molecular formula is C10H14ClN3O. The van der Waals surface area contributed by atoms with E-state index in [1.807, 2.05) is 6.92 Å². The highest BCUT2D eigenvalue weighted by molar-refractivity contribution is 6.28. The maximum atomic E-state index is 5.75. The molecule has 1 aromatic heterocycles. The van der Waals surface area contributed by atoms with E-state index in [0.717, 1.165) is 31.6 Å². The van der Waals surface area contributed by atoms with Gasteiger partial charge in [0.2, 0.25) is 11.2 Å². The number of aromatic nitrogens is 2. The quantitative estimate of drug-likeness (QED) is 0.780. The number of hydrogen-bond donors (Lipinski definition) is 1. The summed E-state index contributed by atoms with van der Waals surface area (Å²) < 4.78 is 5.72. The van der Waals surface area contributed by atoms with Crippen LogP contribution >= 0.6 is 11.6 Å². The van der Waals surface area contributed by atoms with Crippen LogP contribution in [0.3, 0.4) is 0 Å². The summed E-state index contributed by atoms with van der Waals surface area (Å²) in [4.78, 5) is 8.02. The van der Waals surface area contributed by atoms with Gasteiger partial charge in [-0.05, 0) is 37.9 Å². The highest BCUT2D eigenvalue weighted by Gasteiger charge is 2.15. The molecule has 0 amide bonds. The van der Waals surface area contributed by atoms with E-state index in [2.05, 4.69) is 15.3 Å². The zero-order valence-corrected chi connectivity index (χ0v) is 9.42. The first kappa shape index (κ1) is 10.6. The van der Waals surface area contributed by atoms with Gasteiger partial charge in [-0.2, -0.15) is 4.98 Å². The van der Waals surface area contributed by atoms with Crippen molar-refractivity contribution in [2.75, 3.05) is 13.1 Å². The minimum absolute atomic E-state index is 0.198. The van der Waals surface area contributed by atoms with Crippen LogP contribution in [0.25, 0.3) is 0 Å². The van der Waals surface area contributed by atoms with E-state index in [9.17, 15) is 0 Å². The molecule has 1 fully saturated rings. The third kappa shape index (κ3) is 3.04. The van der Waals surface area contributed by atoms with Gasteiger partial charge in [0.1, 0.15) is 6.10 Å². The fourth-order valence-electron chi connectivity index (χ4n) is 1.66. The van der Waals surface area contributed by atoms with E-state index in [0.29, 0.717) is 5.88 Å². The Morgan fingerprint density at radius 1 is 1.53 bits per heavy atom. The van der Waals surface area contributed by atoms with E-state index < -0.39 is 0 Å². The van der Waals surface area contributed by atoms with Crippen molar-refractivity contribution in [2.45, 2.75) is 25.9 Å². The average molecular weight is 228 g/mol. The van der Waals surface area contributed by atoms with Gasteiger partial charge in [0.15, 0.2) is 0 Å². The standard InChI is InChI=1S/C10H14ClN3O/c1-7-5-9(14-10(11)13-7)15-8-3-2-4-12-6-8/h5,8,12H,2-4,6H2,1H3. The maximum absolute atomic E-state index is 5.75. The molecule has 2 rings (SSSR count). The predicted molar refractivity (Wildman–Crippen MR) is 58.3 cm³/mol. The summed E-state index contributed by atoms with van der Waals surface area (Å²) in [5.74, 6) is 0.571. The lowest BCUT2D eigenvalue weighted by atomic mass is 10.1. The van der Waals surface area contributed by atoms with Gasteiger partial charge in [-0.3, -0.25) is 0 Å². The van der Waals surface area contributed by atoms with E-state index >= 15 is 0 Å². The number of halogens is 1. The van der Waals surface area contributed by atoms with Crippen LogP contribution in [-0.2, 0) is 0 Å². The van der Waals surface area contributed by atoms with Gasteiger partial charge < -0.3 is 10.1 Å². The predicted octanol–water partition coefficient (Wildman–Crippen LogP) is 1.57. The summed E-state index contributed by atoms with van der Waals surface area (Å²) in [6, 6.07) is 1.81. The lowest BCUT2D eigenvalue weighted by Crippen LogP contribution is -2.37. The summed E-state index contributed by atoms with van der Waals surface area (Å²) in [6.45, 7) is 3.82. The Labute approximate surface area is 94.0 Å². The van der Waals surface area contributed by atoms with E-state index in [4.69, 9.17) is 16.3 Å². The second kappa shape index (κ2) is 4.77. The van der Waals surface area contributed by atoms with Crippen LogP contribution < -0.4 is 10.1 Å². The third-order valence-electron chi connectivity index (χ3n) is 2.34. The first-order valence-corrected chi connectivity index (χ1v) is 5.50. The summed E-state index contributed by atoms with van der Waals surface area (Å²) in [7, 11) is 0. The maximum Gasteiger partial charge on any atom is 0.225 e. The van der Waals surface area contributed by atoms with Crippen LogP contribution in [-0.4, -0.2) is 29.2 Å². The van der Waals surface area contributed by atoms with Crippen LogP contribution in [0.5, 0.6) is 5.88 Å². The van der Waals surface area contributed by atoms with Crippen molar-refractivity contribution >= 4 is 11.6 Å². The molecule has 82 valence electrons. The van der Waals surface area contributed by atoms with Crippen molar-refractivity contribution in [1.29, 1.82) is 0 Å². The number of ether oxygens (including phenoxy) is 1. The minimum Gasteiger partial charge on any atom is -0.473 e. The highest BCUT2D eigenvalue weighted by Crippen LogP contribution is 2.16. The zero-order valence-electron chi connectivity index (χ0n) is 8.66. The number of nitrogens with one attached hydrogen (secondary N) is 1. The molecule has 0 radical (unpaired) electrons. The van der Waals surface area contributed by atoms with Gasteiger partial charge in [0.05, 0.1) is 0 Å². The smallest absolute Gasteiger partial charge is 0.225 e. The number of hydrogen-bond acceptors (Lipinski definition) is 4. The Kier molecular flexibility index (Phi) is 3.38. The highest BCUT2D eigenvalue weighted by atomic mass is 35.5. The zero-order chi connectivity index (χ0) is 10.7. The average Bonchev–Trinajstić information content (AvgIpc) is 2.17. The van der Waals surface area contributed by atoms with Gasteiger partial charge in [-0.25, -0.2) is 4.98 Å². The Bertz CT molecular complexity index is 319. The molecule has 5 heteroatoms. The van der Waals surface area contributed by atoms with Gasteiger partial charge in [0.25, 0.3) is 0 Å². The summed E-state index contributed by atoms with van der Waals surface area (Å²) in [5.41, 5.74) is 0.828. The van der Waals surface area contributed by atoms with Crippen LogP contribution in [0, 0.1) is 6.92 Å². The third-order valence-corrected chi connectivity index (χ3v) is 2.51. The van der Waals surface area contributed by atoms with Crippen molar-refractivity contribution in [3.63, 3.8) is 0 Å². The lowest BCUT2D eigenvalue weighted by Gasteiger charge is -2.23. The summed E-state index contributed by atoms with van der Waals surface area (Å²) in [6.07, 6.45) is 2.40. The molecule has 1 aliphatic rings. The van der Waals surface area contributed by atoms with E-state index in [-0.39, 0.29) is 11.4 Å². The Hall–Kier alpha value is -0.870. The van der Waals surface area contributed by atoms with Gasteiger partial charge >= 0.3 is 0 Å². The monoisotopic (exact) mass is 227 g/mol. The molecule has 2 heterocycles. The lowest BCUT2D eigenvalue weighted by molar-refractivity contribution is 0.160. The summed E-state index contributed by atoms with van der Waals surface area (Å²) in [5, 5.41) is 3.53. The van der Waals surface area contributed by atoms with Crippen LogP contribution in [0.15, 0.2) is 6.07 Å². The molecule has 1 atom stereocenters. The molecule has 1 aliphatic heterocycles. The molecule has 1 saturated heterocycles. The van der Waals surface area contributed by atoms with Gasteiger partial charge in [0, 0.05) is 18.3 Å². The number of aryl methyl sites for hydroxylation is 1. The number of piperidine rings is 1. The summed E-state index contributed by atoms with van der Waals surface area (Å²) >= 11 is 5.75. The SMILES string of the molecule is Cc1cc(OC2CCCNC2)nc(Cl)n1. The van der Waals surface area contributed by atoms with Crippen LogP contribution in [0.4, 0.5) is 0 Å². The molecule has 15 heavy (non-hydrogen) atoms. The van der Waals surface area contributed by atoms with Crippen molar-refractivity contribution in [2.24, 2.45) is 0 Å². The molecule has 1 unspecified atom stereocenters. The fraction of sp³-hybridized carbons (Fsp3) is 0.600. The van der Waals surface area contributed by atoms with Crippen molar-refractivity contribution in [3.05, 3.63) is 17.0 Å². The van der Waals surface area contributed by atoms with E-state index in [1.165, 1.54) is 0 Å². The second-order valence-corrected chi connectivity index (χ2v) is 4.04. The molecule has 0 bridgehead atoms. The topological polar surface area (TPSA) is 47.0 Å². The largest absolute Gasteiger partial charge is 0.473 e. The Morgan fingerprint density at radius 2 is 2.40 bits per heavy atom. The second-order valence-electron chi connectivity index (χ2n) is 3.70. The first-order valence-electron chi connectivity index (χ1n) is 5.12. The van der Waals surface area contributed by atoms with Crippen LogP contribution in [0.2, 0.25) is 5.28 Å². The first-order chi connectivity index (χ1) is 7.24. The van der Waals surface area contributed by atoms with Crippen molar-refractivity contribution in [1.82, 2.24) is 15.3 Å². The Morgan fingerprint density at radius 3 is 3.07 bits per heavy atom. The normalized spacial score (nSPS) is 21.3. The number of rotatable bonds is 2. The molecular weight excluding hydrogens is 214 g/mol. The molecule has 0 aromatic carbocycles. The molecule has 0 spiro atoms. The molecule has 1 N–H and O–H groups in total. The van der Waals surface area contributed by atoms with Crippen molar-refractivity contribution < 1.29 is 4.74 Å². The fourth-order valence-corrected chi connectivity index (χ4v) is 1.87.